The zero-order chi connectivity index (χ0) is 9.97. The van der Waals surface area contributed by atoms with E-state index in [4.69, 9.17) is 0 Å². The van der Waals surface area contributed by atoms with Crippen molar-refractivity contribution in [3.8, 4) is 0 Å². The molecule has 2 aromatic heterocycles. The molecule has 0 spiro atoms. The van der Waals surface area contributed by atoms with Gasteiger partial charge in [-0.05, 0) is 25.0 Å². The summed E-state index contributed by atoms with van der Waals surface area (Å²) in [4.78, 5) is 3.67. The average Bonchev–Trinajstić information content (AvgIpc) is 2.54. The van der Waals surface area contributed by atoms with E-state index in [1.165, 1.54) is 10.7 Å². The lowest BCUT2D eigenvalue weighted by molar-refractivity contribution is 0.590. The van der Waals surface area contributed by atoms with Gasteiger partial charge < -0.3 is 0 Å². The SMILES string of the molecule is CCCCc1ccc2nc(F)cn2n1. The Morgan fingerprint density at radius 1 is 1.43 bits per heavy atom. The van der Waals surface area contributed by atoms with Gasteiger partial charge >= 0.3 is 0 Å². The molecule has 0 aromatic carbocycles. The fourth-order valence-corrected chi connectivity index (χ4v) is 1.38. The van der Waals surface area contributed by atoms with Crippen LogP contribution in [0.15, 0.2) is 18.3 Å². The summed E-state index contributed by atoms with van der Waals surface area (Å²) in [7, 11) is 0. The van der Waals surface area contributed by atoms with E-state index in [0.717, 1.165) is 25.0 Å². The lowest BCUT2D eigenvalue weighted by Crippen LogP contribution is -1.96. The highest BCUT2D eigenvalue weighted by Gasteiger charge is 2.01. The highest BCUT2D eigenvalue weighted by atomic mass is 19.1. The van der Waals surface area contributed by atoms with E-state index in [1.807, 2.05) is 6.07 Å². The molecule has 0 aliphatic heterocycles. The topological polar surface area (TPSA) is 30.2 Å². The van der Waals surface area contributed by atoms with Crippen LogP contribution in [0, 0.1) is 5.95 Å². The van der Waals surface area contributed by atoms with Gasteiger partial charge in [0.2, 0.25) is 5.95 Å². The molecule has 0 bridgehead atoms. The molecular formula is C10H12FN3. The molecule has 0 saturated carbocycles. The van der Waals surface area contributed by atoms with Crippen LogP contribution in [0.25, 0.3) is 5.65 Å². The van der Waals surface area contributed by atoms with Crippen LogP contribution >= 0.6 is 0 Å². The molecule has 2 heterocycles. The van der Waals surface area contributed by atoms with Gasteiger partial charge in [-0.2, -0.15) is 14.5 Å². The second kappa shape index (κ2) is 3.74. The van der Waals surface area contributed by atoms with Crippen molar-refractivity contribution < 1.29 is 4.39 Å². The first-order valence-electron chi connectivity index (χ1n) is 4.80. The Morgan fingerprint density at radius 3 is 3.07 bits per heavy atom. The highest BCUT2D eigenvalue weighted by Crippen LogP contribution is 2.05. The summed E-state index contributed by atoms with van der Waals surface area (Å²) in [6, 6.07) is 3.69. The summed E-state index contributed by atoms with van der Waals surface area (Å²) >= 11 is 0. The summed E-state index contributed by atoms with van der Waals surface area (Å²) in [6.07, 6.45) is 4.48. The number of hydrogen-bond donors (Lipinski definition) is 0. The van der Waals surface area contributed by atoms with E-state index in [9.17, 15) is 4.39 Å². The molecule has 0 aliphatic carbocycles. The third-order valence-electron chi connectivity index (χ3n) is 2.13. The Labute approximate surface area is 81.6 Å². The van der Waals surface area contributed by atoms with Crippen molar-refractivity contribution in [2.45, 2.75) is 26.2 Å². The molecule has 0 radical (unpaired) electrons. The van der Waals surface area contributed by atoms with Gasteiger partial charge in [0, 0.05) is 0 Å². The third kappa shape index (κ3) is 1.73. The molecule has 0 unspecified atom stereocenters. The fourth-order valence-electron chi connectivity index (χ4n) is 1.38. The van der Waals surface area contributed by atoms with Gasteiger partial charge in [-0.25, -0.2) is 4.52 Å². The molecular weight excluding hydrogens is 181 g/mol. The normalized spacial score (nSPS) is 11.0. The molecule has 74 valence electrons. The van der Waals surface area contributed by atoms with Gasteiger partial charge in [0.1, 0.15) is 0 Å². The maximum absolute atomic E-state index is 12.7. The zero-order valence-corrected chi connectivity index (χ0v) is 8.07. The molecule has 0 N–H and O–H groups in total. The number of unbranched alkanes of at least 4 members (excludes halogenated alkanes) is 1. The van der Waals surface area contributed by atoms with Crippen LogP contribution < -0.4 is 0 Å². The summed E-state index contributed by atoms with van der Waals surface area (Å²) < 4.78 is 14.2. The number of halogens is 1. The summed E-state index contributed by atoms with van der Waals surface area (Å²) in [5, 5.41) is 4.25. The molecule has 4 heteroatoms. The van der Waals surface area contributed by atoms with E-state index >= 15 is 0 Å². The van der Waals surface area contributed by atoms with Crippen molar-refractivity contribution >= 4 is 5.65 Å². The predicted octanol–water partition coefficient (Wildman–Crippen LogP) is 2.21. The first-order chi connectivity index (χ1) is 6.79. The quantitative estimate of drug-likeness (QED) is 0.748. The van der Waals surface area contributed by atoms with E-state index in [1.54, 1.807) is 6.07 Å². The van der Waals surface area contributed by atoms with Crippen LogP contribution in [-0.2, 0) is 6.42 Å². The summed E-state index contributed by atoms with van der Waals surface area (Å²) in [5.74, 6) is -0.481. The molecule has 0 fully saturated rings. The molecule has 0 atom stereocenters. The van der Waals surface area contributed by atoms with Crippen molar-refractivity contribution in [2.75, 3.05) is 0 Å². The van der Waals surface area contributed by atoms with Crippen LogP contribution in [0.2, 0.25) is 0 Å². The summed E-state index contributed by atoms with van der Waals surface area (Å²) in [5.41, 5.74) is 1.54. The van der Waals surface area contributed by atoms with Crippen LogP contribution in [0.4, 0.5) is 4.39 Å². The Morgan fingerprint density at radius 2 is 2.29 bits per heavy atom. The second-order valence-corrected chi connectivity index (χ2v) is 3.29. The first kappa shape index (κ1) is 9.12. The van der Waals surface area contributed by atoms with Gasteiger partial charge in [0.15, 0.2) is 5.65 Å². The predicted molar refractivity (Wildman–Crippen MR) is 51.6 cm³/mol. The van der Waals surface area contributed by atoms with E-state index in [2.05, 4.69) is 17.0 Å². The van der Waals surface area contributed by atoms with Gasteiger partial charge in [0.25, 0.3) is 0 Å². The number of rotatable bonds is 3. The van der Waals surface area contributed by atoms with Crippen molar-refractivity contribution in [2.24, 2.45) is 0 Å². The van der Waals surface area contributed by atoms with Gasteiger partial charge in [0.05, 0.1) is 11.9 Å². The second-order valence-electron chi connectivity index (χ2n) is 3.29. The molecule has 14 heavy (non-hydrogen) atoms. The standard InChI is InChI=1S/C10H12FN3/c1-2-3-4-8-5-6-10-12-9(11)7-14(10)13-8/h5-7H,2-4H2,1H3. The number of fused-ring (bicyclic) bond motifs is 1. The van der Waals surface area contributed by atoms with Crippen molar-refractivity contribution in [1.29, 1.82) is 0 Å². The number of hydrogen-bond acceptors (Lipinski definition) is 2. The monoisotopic (exact) mass is 193 g/mol. The van der Waals surface area contributed by atoms with E-state index in [0.29, 0.717) is 5.65 Å². The minimum absolute atomic E-state index is 0.481. The highest BCUT2D eigenvalue weighted by molar-refractivity contribution is 5.36. The Hall–Kier alpha value is -1.45. The lowest BCUT2D eigenvalue weighted by Gasteiger charge is -1.98. The Kier molecular flexibility index (Phi) is 2.43. The minimum Gasteiger partial charge on any atom is -0.218 e. The van der Waals surface area contributed by atoms with E-state index in [-0.39, 0.29) is 0 Å². The van der Waals surface area contributed by atoms with Gasteiger partial charge in [-0.1, -0.05) is 13.3 Å². The largest absolute Gasteiger partial charge is 0.233 e. The van der Waals surface area contributed by atoms with E-state index < -0.39 is 5.95 Å². The molecule has 0 amide bonds. The molecule has 2 aromatic rings. The third-order valence-corrected chi connectivity index (χ3v) is 2.13. The lowest BCUT2D eigenvalue weighted by atomic mass is 10.2. The first-order valence-corrected chi connectivity index (χ1v) is 4.80. The summed E-state index contributed by atoms with van der Waals surface area (Å²) in [6.45, 7) is 2.13. The van der Waals surface area contributed by atoms with Crippen molar-refractivity contribution in [3.05, 3.63) is 30.0 Å². The van der Waals surface area contributed by atoms with Crippen LogP contribution in [0.1, 0.15) is 25.5 Å². The van der Waals surface area contributed by atoms with Gasteiger partial charge in [-0.15, -0.1) is 0 Å². The molecule has 0 saturated heterocycles. The zero-order valence-electron chi connectivity index (χ0n) is 8.07. The maximum atomic E-state index is 12.7. The van der Waals surface area contributed by atoms with Crippen LogP contribution in [0.5, 0.6) is 0 Å². The number of imidazole rings is 1. The Bertz CT molecular complexity index is 436. The fraction of sp³-hybridized carbons (Fsp3) is 0.400. The molecule has 0 aliphatic rings. The van der Waals surface area contributed by atoms with Crippen molar-refractivity contribution in [3.63, 3.8) is 0 Å². The van der Waals surface area contributed by atoms with Crippen LogP contribution in [0.3, 0.4) is 0 Å². The maximum Gasteiger partial charge on any atom is 0.233 e. The average molecular weight is 193 g/mol. The van der Waals surface area contributed by atoms with Crippen molar-refractivity contribution in [1.82, 2.24) is 14.6 Å². The molecule has 3 nitrogen and oxygen atoms in total. The number of nitrogens with zero attached hydrogens (tertiary/aromatic N) is 3. The number of aromatic nitrogens is 3. The number of aryl methyl sites for hydroxylation is 1. The Balaban J connectivity index is 2.31. The van der Waals surface area contributed by atoms with Crippen LogP contribution in [-0.4, -0.2) is 14.6 Å². The van der Waals surface area contributed by atoms with Gasteiger partial charge in [-0.3, -0.25) is 0 Å². The minimum atomic E-state index is -0.481. The smallest absolute Gasteiger partial charge is 0.218 e. The molecule has 2 rings (SSSR count).